The van der Waals surface area contributed by atoms with Crippen LogP contribution in [0.15, 0.2) is 27.6 Å². The van der Waals surface area contributed by atoms with Crippen molar-refractivity contribution in [2.24, 2.45) is 0 Å². The van der Waals surface area contributed by atoms with Gasteiger partial charge in [-0.15, -0.1) is 0 Å². The zero-order valence-electron chi connectivity index (χ0n) is 14.5. The largest absolute Gasteiger partial charge is 0.493 e. The molecule has 7 nitrogen and oxygen atoms in total. The van der Waals surface area contributed by atoms with E-state index in [1.165, 1.54) is 12.1 Å². The third-order valence-electron chi connectivity index (χ3n) is 3.14. The first-order valence-corrected chi connectivity index (χ1v) is 9.36. The van der Waals surface area contributed by atoms with E-state index < -0.39 is 10.0 Å². The summed E-state index contributed by atoms with van der Waals surface area (Å²) in [5.41, 5.74) is 0.461. The van der Waals surface area contributed by atoms with Gasteiger partial charge in [-0.25, -0.2) is 13.1 Å². The van der Waals surface area contributed by atoms with Crippen molar-refractivity contribution in [3.63, 3.8) is 0 Å². The maximum Gasteiger partial charge on any atom is 0.261 e. The van der Waals surface area contributed by atoms with E-state index in [1.54, 1.807) is 19.9 Å². The minimum atomic E-state index is -3.63. The predicted molar refractivity (Wildman–Crippen MR) is 90.4 cm³/mol. The van der Waals surface area contributed by atoms with Crippen molar-refractivity contribution < 1.29 is 17.7 Å². The van der Waals surface area contributed by atoms with E-state index in [-0.39, 0.29) is 22.7 Å². The molecule has 2 aromatic rings. The van der Waals surface area contributed by atoms with E-state index in [1.807, 2.05) is 20.8 Å². The summed E-state index contributed by atoms with van der Waals surface area (Å²) in [7, 11) is -3.63. The Bertz CT molecular complexity index is 797. The van der Waals surface area contributed by atoms with Crippen molar-refractivity contribution in [3.05, 3.63) is 24.0 Å². The van der Waals surface area contributed by atoms with Crippen molar-refractivity contribution >= 4 is 10.0 Å². The Morgan fingerprint density at radius 1 is 1.25 bits per heavy atom. The maximum absolute atomic E-state index is 12.4. The molecule has 0 aliphatic heterocycles. The molecule has 1 aromatic heterocycles. The first-order chi connectivity index (χ1) is 11.2. The van der Waals surface area contributed by atoms with Gasteiger partial charge < -0.3 is 9.26 Å². The van der Waals surface area contributed by atoms with Gasteiger partial charge >= 0.3 is 0 Å². The fourth-order valence-electron chi connectivity index (χ4n) is 2.08. The van der Waals surface area contributed by atoms with Crippen LogP contribution in [-0.4, -0.2) is 31.2 Å². The Morgan fingerprint density at radius 2 is 1.96 bits per heavy atom. The molecule has 1 heterocycles. The number of nitrogens with zero attached hydrogens (tertiary/aromatic N) is 2. The smallest absolute Gasteiger partial charge is 0.261 e. The van der Waals surface area contributed by atoms with Gasteiger partial charge in [0.05, 0.1) is 17.1 Å². The van der Waals surface area contributed by atoms with Gasteiger partial charge in [0.1, 0.15) is 5.75 Å². The van der Waals surface area contributed by atoms with Crippen LogP contribution in [0.25, 0.3) is 11.5 Å². The van der Waals surface area contributed by atoms with Crippen LogP contribution in [0.3, 0.4) is 0 Å². The van der Waals surface area contributed by atoms with E-state index in [0.29, 0.717) is 23.7 Å². The summed E-state index contributed by atoms with van der Waals surface area (Å²) in [5.74, 6) is 1.40. The quantitative estimate of drug-likeness (QED) is 0.822. The number of nitrogens with one attached hydrogen (secondary N) is 1. The Kier molecular flexibility index (Phi) is 5.61. The second-order valence-corrected chi connectivity index (χ2v) is 7.69. The second-order valence-electron chi connectivity index (χ2n) is 5.98. The highest BCUT2D eigenvalue weighted by Crippen LogP contribution is 2.32. The molecule has 0 radical (unpaired) electrons. The van der Waals surface area contributed by atoms with Crippen molar-refractivity contribution in [2.45, 2.75) is 51.5 Å². The van der Waals surface area contributed by atoms with E-state index in [2.05, 4.69) is 14.9 Å². The van der Waals surface area contributed by atoms with Gasteiger partial charge in [-0.2, -0.15) is 4.98 Å². The van der Waals surface area contributed by atoms with Crippen LogP contribution in [0.1, 0.15) is 46.4 Å². The van der Waals surface area contributed by atoms with Crippen molar-refractivity contribution in [1.29, 1.82) is 0 Å². The summed E-state index contributed by atoms with van der Waals surface area (Å²) in [5, 5.41) is 3.93. The molecule has 0 aliphatic rings. The molecule has 1 N–H and O–H groups in total. The fourth-order valence-corrected chi connectivity index (χ4v) is 3.36. The molecule has 0 saturated carbocycles. The highest BCUT2D eigenvalue weighted by Gasteiger charge is 2.21. The molecule has 0 bridgehead atoms. The number of hydrogen-bond acceptors (Lipinski definition) is 6. The lowest BCUT2D eigenvalue weighted by Gasteiger charge is -2.12. The molecule has 0 unspecified atom stereocenters. The topological polar surface area (TPSA) is 94.3 Å². The number of sulfonamides is 1. The summed E-state index contributed by atoms with van der Waals surface area (Å²) in [6.45, 7) is 9.72. The third-order valence-corrected chi connectivity index (χ3v) is 4.80. The molecular weight excluding hydrogens is 330 g/mol. The van der Waals surface area contributed by atoms with Gasteiger partial charge in [0, 0.05) is 12.0 Å². The average Bonchev–Trinajstić information content (AvgIpc) is 2.96. The number of benzene rings is 1. The molecule has 2 rings (SSSR count). The summed E-state index contributed by atoms with van der Waals surface area (Å²) in [6, 6.07) is 4.39. The minimum Gasteiger partial charge on any atom is -0.493 e. The molecule has 132 valence electrons. The number of ether oxygens (including phenoxy) is 1. The van der Waals surface area contributed by atoms with Crippen LogP contribution < -0.4 is 9.46 Å². The number of rotatable bonds is 7. The van der Waals surface area contributed by atoms with Crippen molar-refractivity contribution in [3.8, 4) is 17.2 Å². The second kappa shape index (κ2) is 7.31. The fraction of sp³-hybridized carbons (Fsp3) is 0.500. The van der Waals surface area contributed by atoms with E-state index in [0.717, 1.165) is 0 Å². The molecule has 0 aliphatic carbocycles. The standard InChI is InChI=1S/C16H23N3O4S/c1-6-22-14-8-7-12(24(20,21)19-11(4)5)9-13(14)16-17-15(10(2)3)18-23-16/h7-11,19H,6H2,1-5H3. The number of hydrogen-bond donors (Lipinski definition) is 1. The summed E-state index contributed by atoms with van der Waals surface area (Å²) < 4.78 is 38.2. The first kappa shape index (κ1) is 18.4. The Balaban J connectivity index is 2.52. The zero-order valence-corrected chi connectivity index (χ0v) is 15.3. The lowest BCUT2D eigenvalue weighted by Crippen LogP contribution is -2.30. The predicted octanol–water partition coefficient (Wildman–Crippen LogP) is 2.95. The van der Waals surface area contributed by atoms with Gasteiger partial charge in [-0.1, -0.05) is 19.0 Å². The molecular formula is C16H23N3O4S. The number of aromatic nitrogens is 2. The summed E-state index contributed by atoms with van der Waals surface area (Å²) in [6.07, 6.45) is 0. The molecule has 8 heteroatoms. The van der Waals surface area contributed by atoms with E-state index in [9.17, 15) is 8.42 Å². The van der Waals surface area contributed by atoms with Crippen LogP contribution in [-0.2, 0) is 10.0 Å². The summed E-state index contributed by atoms with van der Waals surface area (Å²) >= 11 is 0. The first-order valence-electron chi connectivity index (χ1n) is 7.87. The zero-order chi connectivity index (χ0) is 17.9. The third kappa shape index (κ3) is 4.12. The Morgan fingerprint density at radius 3 is 2.50 bits per heavy atom. The minimum absolute atomic E-state index is 0.104. The maximum atomic E-state index is 12.4. The van der Waals surface area contributed by atoms with Crippen LogP contribution in [0.4, 0.5) is 0 Å². The van der Waals surface area contributed by atoms with E-state index >= 15 is 0 Å². The highest BCUT2D eigenvalue weighted by molar-refractivity contribution is 7.89. The van der Waals surface area contributed by atoms with Gasteiger partial charge in [-0.05, 0) is 39.0 Å². The van der Waals surface area contributed by atoms with Gasteiger partial charge in [0.25, 0.3) is 5.89 Å². The molecule has 1 aromatic carbocycles. The average molecular weight is 353 g/mol. The summed E-state index contributed by atoms with van der Waals surface area (Å²) in [4.78, 5) is 4.46. The molecule has 24 heavy (non-hydrogen) atoms. The molecule has 0 amide bonds. The lowest BCUT2D eigenvalue weighted by atomic mass is 10.2. The molecule has 0 atom stereocenters. The SMILES string of the molecule is CCOc1ccc(S(=O)(=O)NC(C)C)cc1-c1nc(C(C)C)no1. The molecule has 0 spiro atoms. The van der Waals surface area contributed by atoms with Crippen LogP contribution >= 0.6 is 0 Å². The van der Waals surface area contributed by atoms with Gasteiger partial charge in [0.15, 0.2) is 5.82 Å². The molecule has 0 saturated heterocycles. The van der Waals surface area contributed by atoms with E-state index in [4.69, 9.17) is 9.26 Å². The highest BCUT2D eigenvalue weighted by atomic mass is 32.2. The molecule has 0 fully saturated rings. The van der Waals surface area contributed by atoms with Gasteiger partial charge in [0.2, 0.25) is 10.0 Å². The van der Waals surface area contributed by atoms with Crippen LogP contribution in [0.2, 0.25) is 0 Å². The monoisotopic (exact) mass is 353 g/mol. The normalized spacial score (nSPS) is 12.1. The van der Waals surface area contributed by atoms with Crippen LogP contribution in [0, 0.1) is 0 Å². The lowest BCUT2D eigenvalue weighted by molar-refractivity contribution is 0.338. The Labute approximate surface area is 142 Å². The van der Waals surface area contributed by atoms with Crippen molar-refractivity contribution in [1.82, 2.24) is 14.9 Å². The van der Waals surface area contributed by atoms with Crippen LogP contribution in [0.5, 0.6) is 5.75 Å². The van der Waals surface area contributed by atoms with Gasteiger partial charge in [-0.3, -0.25) is 0 Å². The van der Waals surface area contributed by atoms with Crippen molar-refractivity contribution in [2.75, 3.05) is 6.61 Å². The Hall–Kier alpha value is -1.93.